The van der Waals surface area contributed by atoms with Crippen LogP contribution in [-0.4, -0.2) is 28.8 Å². The lowest BCUT2D eigenvalue weighted by Gasteiger charge is -2.25. The lowest BCUT2D eigenvalue weighted by molar-refractivity contribution is 0.368. The first-order chi connectivity index (χ1) is 13.8. The maximum absolute atomic E-state index is 13.7. The summed E-state index contributed by atoms with van der Waals surface area (Å²) >= 11 is 0. The molecule has 2 heterocycles. The summed E-state index contributed by atoms with van der Waals surface area (Å²) in [7, 11) is -3.90. The number of para-hydroxylation sites is 2. The maximum atomic E-state index is 13.7. The van der Waals surface area contributed by atoms with Gasteiger partial charge in [-0.25, -0.2) is 17.8 Å². The summed E-state index contributed by atoms with van der Waals surface area (Å²) in [5.41, 5.74) is 1.51. The van der Waals surface area contributed by atoms with Gasteiger partial charge in [0.05, 0.1) is 27.5 Å². The van der Waals surface area contributed by atoms with Crippen LogP contribution in [-0.2, 0) is 10.0 Å². The standard InChI is InChI=1S/C21H21FN4O2S/c1-14(2)26-19-7-4-3-6-18(19)24-21(26)20-8-5-11-25(20)29(27,28)16-9-10-17(22)15(12-16)13-23/h3-4,6-7,9-10,12,14,20H,5,8,11H2,1-2H3. The number of nitrogens with zero attached hydrogens (tertiary/aromatic N) is 4. The normalized spacial score (nSPS) is 17.8. The van der Waals surface area contributed by atoms with Crippen LogP contribution >= 0.6 is 0 Å². The van der Waals surface area contributed by atoms with Gasteiger partial charge in [-0.1, -0.05) is 12.1 Å². The fourth-order valence-electron chi connectivity index (χ4n) is 4.01. The van der Waals surface area contributed by atoms with Gasteiger partial charge in [-0.05, 0) is 57.0 Å². The molecule has 0 radical (unpaired) electrons. The molecule has 8 heteroatoms. The largest absolute Gasteiger partial charge is 0.324 e. The minimum absolute atomic E-state index is 0.0745. The molecule has 0 bridgehead atoms. The number of fused-ring (bicyclic) bond motifs is 1. The molecule has 0 aliphatic carbocycles. The molecule has 29 heavy (non-hydrogen) atoms. The molecule has 3 aromatic rings. The van der Waals surface area contributed by atoms with Crippen LogP contribution in [0, 0.1) is 17.1 Å². The summed E-state index contributed by atoms with van der Waals surface area (Å²) in [6, 6.07) is 12.5. The summed E-state index contributed by atoms with van der Waals surface area (Å²) in [6.07, 6.45) is 1.36. The summed E-state index contributed by atoms with van der Waals surface area (Å²) < 4.78 is 43.9. The van der Waals surface area contributed by atoms with Crippen molar-refractivity contribution in [2.75, 3.05) is 6.54 Å². The first kappa shape index (κ1) is 19.6. The highest BCUT2D eigenvalue weighted by molar-refractivity contribution is 7.89. The molecule has 0 N–H and O–H groups in total. The van der Waals surface area contributed by atoms with Crippen molar-refractivity contribution < 1.29 is 12.8 Å². The van der Waals surface area contributed by atoms with E-state index < -0.39 is 21.9 Å². The van der Waals surface area contributed by atoms with Gasteiger partial charge in [0, 0.05) is 12.6 Å². The Morgan fingerprint density at radius 2 is 2.00 bits per heavy atom. The number of nitriles is 1. The summed E-state index contributed by atoms with van der Waals surface area (Å²) in [6.45, 7) is 4.45. The van der Waals surface area contributed by atoms with Crippen LogP contribution in [0.25, 0.3) is 11.0 Å². The third-order valence-electron chi connectivity index (χ3n) is 5.31. The quantitative estimate of drug-likeness (QED) is 0.645. The first-order valence-electron chi connectivity index (χ1n) is 9.53. The van der Waals surface area contributed by atoms with Crippen LogP contribution in [0.1, 0.15) is 50.2 Å². The van der Waals surface area contributed by atoms with Crippen molar-refractivity contribution in [1.82, 2.24) is 13.9 Å². The predicted octanol–water partition coefficient (Wildman–Crippen LogP) is 4.15. The maximum Gasteiger partial charge on any atom is 0.243 e. The molecule has 1 aliphatic rings. The molecule has 150 valence electrons. The molecule has 0 amide bonds. The first-order valence-corrected chi connectivity index (χ1v) is 11.0. The number of sulfonamides is 1. The van der Waals surface area contributed by atoms with Gasteiger partial charge < -0.3 is 4.57 Å². The van der Waals surface area contributed by atoms with E-state index in [9.17, 15) is 12.8 Å². The zero-order valence-corrected chi connectivity index (χ0v) is 17.0. The molecular weight excluding hydrogens is 391 g/mol. The highest BCUT2D eigenvalue weighted by Gasteiger charge is 2.39. The summed E-state index contributed by atoms with van der Waals surface area (Å²) in [4.78, 5) is 4.69. The number of hydrogen-bond donors (Lipinski definition) is 0. The number of aromatic nitrogens is 2. The van der Waals surface area contributed by atoms with E-state index in [1.807, 2.05) is 38.1 Å². The van der Waals surface area contributed by atoms with Crippen molar-refractivity contribution in [3.05, 3.63) is 59.7 Å². The van der Waals surface area contributed by atoms with E-state index in [-0.39, 0.29) is 16.5 Å². The second-order valence-corrected chi connectivity index (χ2v) is 9.34. The Hall–Kier alpha value is -2.76. The van der Waals surface area contributed by atoms with Gasteiger partial charge in [-0.2, -0.15) is 9.57 Å². The van der Waals surface area contributed by atoms with Crippen molar-refractivity contribution in [3.63, 3.8) is 0 Å². The smallest absolute Gasteiger partial charge is 0.243 e. The Bertz CT molecular complexity index is 1230. The molecule has 0 spiro atoms. The molecule has 1 aliphatic heterocycles. The van der Waals surface area contributed by atoms with Gasteiger partial charge in [0.15, 0.2) is 0 Å². The number of benzene rings is 2. The minimum atomic E-state index is -3.90. The highest BCUT2D eigenvalue weighted by Crippen LogP contribution is 2.38. The second kappa shape index (κ2) is 7.25. The van der Waals surface area contributed by atoms with Gasteiger partial charge >= 0.3 is 0 Å². The number of imidazole rings is 1. The third kappa shape index (κ3) is 3.20. The third-order valence-corrected chi connectivity index (χ3v) is 7.21. The van der Waals surface area contributed by atoms with Gasteiger partial charge in [-0.3, -0.25) is 0 Å². The van der Waals surface area contributed by atoms with E-state index in [1.165, 1.54) is 10.4 Å². The van der Waals surface area contributed by atoms with Gasteiger partial charge in [0.1, 0.15) is 17.7 Å². The number of hydrogen-bond acceptors (Lipinski definition) is 4. The second-order valence-electron chi connectivity index (χ2n) is 7.45. The average Bonchev–Trinajstić information content (AvgIpc) is 3.32. The van der Waals surface area contributed by atoms with Crippen LogP contribution < -0.4 is 0 Å². The Kier molecular flexibility index (Phi) is 4.89. The lowest BCUT2D eigenvalue weighted by atomic mass is 10.2. The molecule has 1 fully saturated rings. The Labute approximate surface area is 169 Å². The van der Waals surface area contributed by atoms with E-state index >= 15 is 0 Å². The molecule has 1 saturated heterocycles. The zero-order chi connectivity index (χ0) is 20.8. The highest BCUT2D eigenvalue weighted by atomic mass is 32.2. The van der Waals surface area contributed by atoms with Crippen molar-refractivity contribution in [3.8, 4) is 6.07 Å². The van der Waals surface area contributed by atoms with E-state index in [1.54, 1.807) is 6.07 Å². The number of rotatable bonds is 4. The fourth-order valence-corrected chi connectivity index (χ4v) is 5.69. The molecule has 2 aromatic carbocycles. The van der Waals surface area contributed by atoms with Crippen LogP contribution in [0.15, 0.2) is 47.4 Å². The Morgan fingerprint density at radius 1 is 1.24 bits per heavy atom. The van der Waals surface area contributed by atoms with E-state index in [0.717, 1.165) is 23.2 Å². The number of halogens is 1. The molecule has 1 aromatic heterocycles. The van der Waals surface area contributed by atoms with Crippen molar-refractivity contribution in [2.24, 2.45) is 0 Å². The van der Waals surface area contributed by atoms with Crippen molar-refractivity contribution >= 4 is 21.1 Å². The van der Waals surface area contributed by atoms with Gasteiger partial charge in [0.25, 0.3) is 0 Å². The van der Waals surface area contributed by atoms with Gasteiger partial charge in [-0.15, -0.1) is 0 Å². The molecule has 4 rings (SSSR count). The van der Waals surface area contributed by atoms with E-state index in [4.69, 9.17) is 10.2 Å². The lowest BCUT2D eigenvalue weighted by Crippen LogP contribution is -2.32. The van der Waals surface area contributed by atoms with E-state index in [0.29, 0.717) is 25.2 Å². The van der Waals surface area contributed by atoms with E-state index in [2.05, 4.69) is 4.57 Å². The van der Waals surface area contributed by atoms with Crippen LogP contribution in [0.4, 0.5) is 4.39 Å². The van der Waals surface area contributed by atoms with Crippen molar-refractivity contribution in [2.45, 2.75) is 43.7 Å². The average molecular weight is 412 g/mol. The SMILES string of the molecule is CC(C)n1c(C2CCCN2S(=O)(=O)c2ccc(F)c(C#N)c2)nc2ccccc21. The van der Waals surface area contributed by atoms with Gasteiger partial charge in [0.2, 0.25) is 10.0 Å². The Balaban J connectivity index is 1.82. The topological polar surface area (TPSA) is 79.0 Å². The minimum Gasteiger partial charge on any atom is -0.324 e. The zero-order valence-electron chi connectivity index (χ0n) is 16.2. The predicted molar refractivity (Wildman–Crippen MR) is 107 cm³/mol. The fraction of sp³-hybridized carbons (Fsp3) is 0.333. The van der Waals surface area contributed by atoms with Crippen LogP contribution in [0.2, 0.25) is 0 Å². The molecule has 1 atom stereocenters. The summed E-state index contributed by atoms with van der Waals surface area (Å²) in [5, 5.41) is 9.07. The molecular formula is C21H21FN4O2S. The summed E-state index contributed by atoms with van der Waals surface area (Å²) in [5.74, 6) is -0.0177. The molecule has 0 saturated carbocycles. The van der Waals surface area contributed by atoms with Crippen molar-refractivity contribution in [1.29, 1.82) is 5.26 Å². The Morgan fingerprint density at radius 3 is 2.72 bits per heavy atom. The van der Waals surface area contributed by atoms with Crippen LogP contribution in [0.5, 0.6) is 0 Å². The molecule has 1 unspecified atom stereocenters. The molecule has 6 nitrogen and oxygen atoms in total. The monoisotopic (exact) mass is 412 g/mol. The van der Waals surface area contributed by atoms with Crippen LogP contribution in [0.3, 0.4) is 0 Å².